The second-order valence-corrected chi connectivity index (χ2v) is 2.62. The molecule has 0 radical (unpaired) electrons. The van der Waals surface area contributed by atoms with Gasteiger partial charge in [0.2, 0.25) is 5.91 Å². The molecule has 1 rings (SSSR count). The van der Waals surface area contributed by atoms with Crippen LogP contribution in [0.4, 0.5) is 0 Å². The normalized spacial score (nSPS) is 9.92. The molecule has 0 saturated heterocycles. The lowest BCUT2D eigenvalue weighted by atomic mass is 10.5. The molecule has 1 aromatic rings. The molecule has 0 aliphatic rings. The lowest BCUT2D eigenvalue weighted by Gasteiger charge is -2.03. The van der Waals surface area contributed by atoms with Crippen LogP contribution in [0.5, 0.6) is 0 Å². The van der Waals surface area contributed by atoms with Gasteiger partial charge in [-0.25, -0.2) is 0 Å². The zero-order valence-electron chi connectivity index (χ0n) is 7.66. The summed E-state index contributed by atoms with van der Waals surface area (Å²) in [6.45, 7) is 1.89. The van der Waals surface area contributed by atoms with Crippen LogP contribution in [0.1, 0.15) is 0 Å². The van der Waals surface area contributed by atoms with E-state index in [1.165, 1.54) is 0 Å². The summed E-state index contributed by atoms with van der Waals surface area (Å²) in [5.74, 6) is 0.000431. The van der Waals surface area contributed by atoms with Gasteiger partial charge in [-0.2, -0.15) is 5.10 Å². The molecule has 5 nitrogen and oxygen atoms in total. The monoisotopic (exact) mass is 182 g/mol. The fourth-order valence-corrected chi connectivity index (χ4v) is 0.917. The fraction of sp³-hybridized carbons (Fsp3) is 0.500. The SMILES string of the molecule is CNC(=O)CNCCn1cccn1. The van der Waals surface area contributed by atoms with Gasteiger partial charge in [0.1, 0.15) is 0 Å². The van der Waals surface area contributed by atoms with E-state index in [1.807, 2.05) is 16.9 Å². The third-order valence-electron chi connectivity index (χ3n) is 1.64. The van der Waals surface area contributed by atoms with Gasteiger partial charge in [-0.3, -0.25) is 9.48 Å². The van der Waals surface area contributed by atoms with E-state index in [4.69, 9.17) is 0 Å². The van der Waals surface area contributed by atoms with Gasteiger partial charge in [-0.05, 0) is 6.07 Å². The zero-order chi connectivity index (χ0) is 9.52. The molecule has 72 valence electrons. The Kier molecular flexibility index (Phi) is 3.98. The summed E-state index contributed by atoms with van der Waals surface area (Å²) < 4.78 is 1.82. The third kappa shape index (κ3) is 3.71. The van der Waals surface area contributed by atoms with Crippen molar-refractivity contribution < 1.29 is 4.79 Å². The summed E-state index contributed by atoms with van der Waals surface area (Å²) in [4.78, 5) is 10.8. The number of likely N-dealkylation sites (N-methyl/N-ethyl adjacent to an activating group) is 1. The Hall–Kier alpha value is -1.36. The van der Waals surface area contributed by atoms with E-state index < -0.39 is 0 Å². The summed E-state index contributed by atoms with van der Waals surface area (Å²) in [7, 11) is 1.62. The molecule has 0 bridgehead atoms. The van der Waals surface area contributed by atoms with Crippen LogP contribution in [0, 0.1) is 0 Å². The lowest BCUT2D eigenvalue weighted by Crippen LogP contribution is -2.33. The molecule has 2 N–H and O–H groups in total. The quantitative estimate of drug-likeness (QED) is 0.587. The maximum absolute atomic E-state index is 10.8. The molecule has 0 spiro atoms. The molecule has 0 aromatic carbocycles. The van der Waals surface area contributed by atoms with Crippen LogP contribution >= 0.6 is 0 Å². The van der Waals surface area contributed by atoms with E-state index in [2.05, 4.69) is 15.7 Å². The molecule has 0 saturated carbocycles. The average molecular weight is 182 g/mol. The number of aromatic nitrogens is 2. The first-order chi connectivity index (χ1) is 6.33. The molecule has 1 aromatic heterocycles. The molecular formula is C8H14N4O. The lowest BCUT2D eigenvalue weighted by molar-refractivity contribution is -0.119. The molecule has 0 fully saturated rings. The van der Waals surface area contributed by atoms with Crippen molar-refractivity contribution in [2.75, 3.05) is 20.1 Å². The van der Waals surface area contributed by atoms with Crippen molar-refractivity contribution in [3.05, 3.63) is 18.5 Å². The van der Waals surface area contributed by atoms with Crippen LogP contribution in [0.3, 0.4) is 0 Å². The Morgan fingerprint density at radius 2 is 2.46 bits per heavy atom. The number of amides is 1. The second-order valence-electron chi connectivity index (χ2n) is 2.62. The highest BCUT2D eigenvalue weighted by Gasteiger charge is 1.95. The van der Waals surface area contributed by atoms with Crippen molar-refractivity contribution in [1.29, 1.82) is 0 Å². The van der Waals surface area contributed by atoms with E-state index in [0.717, 1.165) is 13.1 Å². The first-order valence-electron chi connectivity index (χ1n) is 4.21. The van der Waals surface area contributed by atoms with Crippen LogP contribution in [-0.4, -0.2) is 35.8 Å². The average Bonchev–Trinajstić information content (AvgIpc) is 2.64. The molecule has 0 aliphatic carbocycles. The van der Waals surface area contributed by atoms with Gasteiger partial charge in [0.25, 0.3) is 0 Å². The van der Waals surface area contributed by atoms with Gasteiger partial charge in [0, 0.05) is 26.0 Å². The molecule has 1 amide bonds. The number of nitrogens with zero attached hydrogens (tertiary/aromatic N) is 2. The Morgan fingerprint density at radius 1 is 1.62 bits per heavy atom. The number of carbonyl (C=O) groups is 1. The van der Waals surface area contributed by atoms with Crippen molar-refractivity contribution in [3.63, 3.8) is 0 Å². The fourth-order valence-electron chi connectivity index (χ4n) is 0.917. The van der Waals surface area contributed by atoms with Gasteiger partial charge < -0.3 is 10.6 Å². The topological polar surface area (TPSA) is 59.0 Å². The Morgan fingerprint density at radius 3 is 3.08 bits per heavy atom. The highest BCUT2D eigenvalue weighted by atomic mass is 16.1. The summed E-state index contributed by atoms with van der Waals surface area (Å²) in [5.41, 5.74) is 0. The van der Waals surface area contributed by atoms with Crippen molar-refractivity contribution in [2.45, 2.75) is 6.54 Å². The van der Waals surface area contributed by atoms with E-state index in [-0.39, 0.29) is 5.91 Å². The minimum Gasteiger partial charge on any atom is -0.358 e. The smallest absolute Gasteiger partial charge is 0.233 e. The van der Waals surface area contributed by atoms with Crippen molar-refractivity contribution in [3.8, 4) is 0 Å². The van der Waals surface area contributed by atoms with Gasteiger partial charge >= 0.3 is 0 Å². The maximum atomic E-state index is 10.8. The maximum Gasteiger partial charge on any atom is 0.233 e. The summed E-state index contributed by atoms with van der Waals surface area (Å²) >= 11 is 0. The molecule has 1 heterocycles. The number of rotatable bonds is 5. The highest BCUT2D eigenvalue weighted by molar-refractivity contribution is 5.77. The summed E-state index contributed by atoms with van der Waals surface area (Å²) in [6, 6.07) is 1.87. The van der Waals surface area contributed by atoms with E-state index in [0.29, 0.717) is 6.54 Å². The third-order valence-corrected chi connectivity index (χ3v) is 1.64. The van der Waals surface area contributed by atoms with Crippen LogP contribution in [-0.2, 0) is 11.3 Å². The number of hydrogen-bond donors (Lipinski definition) is 2. The minimum absolute atomic E-state index is 0.000431. The van der Waals surface area contributed by atoms with E-state index >= 15 is 0 Å². The largest absolute Gasteiger partial charge is 0.358 e. The van der Waals surface area contributed by atoms with Crippen LogP contribution in [0.25, 0.3) is 0 Å². The first kappa shape index (κ1) is 9.73. The van der Waals surface area contributed by atoms with Gasteiger partial charge in [-0.1, -0.05) is 0 Å². The predicted octanol–water partition coefficient (Wildman–Crippen LogP) is -0.781. The second kappa shape index (κ2) is 5.31. The van der Waals surface area contributed by atoms with Crippen molar-refractivity contribution in [2.24, 2.45) is 0 Å². The first-order valence-corrected chi connectivity index (χ1v) is 4.21. The minimum atomic E-state index is 0.000431. The molecule has 0 atom stereocenters. The summed E-state index contributed by atoms with van der Waals surface area (Å²) in [6.07, 6.45) is 3.63. The molecule has 13 heavy (non-hydrogen) atoms. The van der Waals surface area contributed by atoms with Crippen LogP contribution < -0.4 is 10.6 Å². The number of nitrogens with one attached hydrogen (secondary N) is 2. The van der Waals surface area contributed by atoms with Crippen LogP contribution in [0.15, 0.2) is 18.5 Å². The standard InChI is InChI=1S/C8H14N4O/c1-9-8(13)7-10-4-6-12-5-2-3-11-12/h2-3,5,10H,4,6-7H2,1H3,(H,9,13). The molecule has 0 aliphatic heterocycles. The Bertz CT molecular complexity index is 245. The Balaban J connectivity index is 2.05. The molecular weight excluding hydrogens is 168 g/mol. The molecule has 5 heteroatoms. The van der Waals surface area contributed by atoms with Gasteiger partial charge in [0.15, 0.2) is 0 Å². The predicted molar refractivity (Wildman–Crippen MR) is 49.2 cm³/mol. The van der Waals surface area contributed by atoms with Gasteiger partial charge in [0.05, 0.1) is 13.1 Å². The van der Waals surface area contributed by atoms with Gasteiger partial charge in [-0.15, -0.1) is 0 Å². The van der Waals surface area contributed by atoms with Crippen LogP contribution in [0.2, 0.25) is 0 Å². The number of carbonyl (C=O) groups excluding carboxylic acids is 1. The zero-order valence-corrected chi connectivity index (χ0v) is 7.66. The summed E-state index contributed by atoms with van der Waals surface area (Å²) in [5, 5.41) is 9.57. The molecule has 0 unspecified atom stereocenters. The van der Waals surface area contributed by atoms with E-state index in [1.54, 1.807) is 13.2 Å². The van der Waals surface area contributed by atoms with Crippen molar-refractivity contribution >= 4 is 5.91 Å². The number of hydrogen-bond acceptors (Lipinski definition) is 3. The highest BCUT2D eigenvalue weighted by Crippen LogP contribution is 1.81. The van der Waals surface area contributed by atoms with E-state index in [9.17, 15) is 4.79 Å². The van der Waals surface area contributed by atoms with Crippen molar-refractivity contribution in [1.82, 2.24) is 20.4 Å². The Labute approximate surface area is 77.1 Å².